The van der Waals surface area contributed by atoms with Crippen LogP contribution in [-0.2, 0) is 0 Å². The summed E-state index contributed by atoms with van der Waals surface area (Å²) in [5.41, 5.74) is 5.59. The third-order valence-electron chi connectivity index (χ3n) is 3.26. The van der Waals surface area contributed by atoms with Crippen molar-refractivity contribution in [2.45, 2.75) is 32.4 Å². The lowest BCUT2D eigenvalue weighted by atomic mass is 9.68. The number of nitrogens with zero attached hydrogens (tertiary/aromatic N) is 1. The van der Waals surface area contributed by atoms with Gasteiger partial charge in [0.2, 0.25) is 0 Å². The largest absolute Gasteiger partial charge is 0.401 e. The molecule has 2 N–H and O–H groups in total. The zero-order valence-corrected chi connectivity index (χ0v) is 9.11. The molecule has 0 unspecified atom stereocenters. The number of halogens is 3. The first-order valence-electron chi connectivity index (χ1n) is 5.40. The Balaban J connectivity index is 2.45. The smallest absolute Gasteiger partial charge is 0.330 e. The molecule has 0 amide bonds. The fourth-order valence-electron chi connectivity index (χ4n) is 2.11. The van der Waals surface area contributed by atoms with E-state index >= 15 is 0 Å². The highest BCUT2D eigenvalue weighted by Gasteiger charge is 2.39. The molecule has 0 spiro atoms. The highest BCUT2D eigenvalue weighted by atomic mass is 19.4. The molecule has 0 aromatic rings. The van der Waals surface area contributed by atoms with Crippen LogP contribution in [-0.4, -0.2) is 37.3 Å². The molecule has 1 aliphatic rings. The van der Waals surface area contributed by atoms with Crippen LogP contribution < -0.4 is 5.73 Å². The maximum absolute atomic E-state index is 12.2. The van der Waals surface area contributed by atoms with Gasteiger partial charge in [-0.15, -0.1) is 0 Å². The van der Waals surface area contributed by atoms with Gasteiger partial charge in [-0.25, -0.2) is 0 Å². The zero-order chi connectivity index (χ0) is 11.5. The van der Waals surface area contributed by atoms with Gasteiger partial charge in [-0.1, -0.05) is 13.3 Å². The molecule has 0 aromatic heterocycles. The standard InChI is InChI=1S/C10H19F3N2/c1-2-15(8-10(11,12)13)7-9(6-14)4-3-5-9/h2-8,14H2,1H3. The van der Waals surface area contributed by atoms with Crippen molar-refractivity contribution in [3.8, 4) is 0 Å². The van der Waals surface area contributed by atoms with Gasteiger partial charge in [0.1, 0.15) is 0 Å². The van der Waals surface area contributed by atoms with E-state index in [-0.39, 0.29) is 5.41 Å². The van der Waals surface area contributed by atoms with Crippen molar-refractivity contribution in [3.63, 3.8) is 0 Å². The van der Waals surface area contributed by atoms with Crippen molar-refractivity contribution in [2.75, 3.05) is 26.2 Å². The maximum Gasteiger partial charge on any atom is 0.401 e. The number of hydrogen-bond acceptors (Lipinski definition) is 2. The summed E-state index contributed by atoms with van der Waals surface area (Å²) in [7, 11) is 0. The minimum absolute atomic E-state index is 0.0404. The molecule has 0 radical (unpaired) electrons. The first kappa shape index (κ1) is 12.8. The highest BCUT2D eigenvalue weighted by Crippen LogP contribution is 2.40. The van der Waals surface area contributed by atoms with E-state index in [1.807, 2.05) is 0 Å². The molecular formula is C10H19F3N2. The number of nitrogens with two attached hydrogens (primary N) is 1. The molecule has 5 heteroatoms. The highest BCUT2D eigenvalue weighted by molar-refractivity contribution is 4.91. The molecule has 0 aromatic carbocycles. The molecule has 2 nitrogen and oxygen atoms in total. The van der Waals surface area contributed by atoms with E-state index in [2.05, 4.69) is 0 Å². The van der Waals surface area contributed by atoms with E-state index in [0.717, 1.165) is 19.3 Å². The van der Waals surface area contributed by atoms with E-state index in [4.69, 9.17) is 5.73 Å². The van der Waals surface area contributed by atoms with Gasteiger partial charge in [0, 0.05) is 6.54 Å². The van der Waals surface area contributed by atoms with Gasteiger partial charge in [0.05, 0.1) is 6.54 Å². The number of alkyl halides is 3. The van der Waals surface area contributed by atoms with E-state index in [9.17, 15) is 13.2 Å². The van der Waals surface area contributed by atoms with Crippen molar-refractivity contribution in [2.24, 2.45) is 11.1 Å². The average molecular weight is 224 g/mol. The van der Waals surface area contributed by atoms with Crippen LogP contribution in [0.25, 0.3) is 0 Å². The number of hydrogen-bond donors (Lipinski definition) is 1. The van der Waals surface area contributed by atoms with E-state index in [0.29, 0.717) is 19.6 Å². The second-order valence-corrected chi connectivity index (χ2v) is 4.48. The molecule has 0 heterocycles. The summed E-state index contributed by atoms with van der Waals surface area (Å²) in [6, 6.07) is 0. The molecule has 1 aliphatic carbocycles. The van der Waals surface area contributed by atoms with E-state index < -0.39 is 12.7 Å². The third-order valence-corrected chi connectivity index (χ3v) is 3.26. The third kappa shape index (κ3) is 3.65. The molecular weight excluding hydrogens is 205 g/mol. The van der Waals surface area contributed by atoms with Crippen molar-refractivity contribution in [1.29, 1.82) is 0 Å². The van der Waals surface area contributed by atoms with Crippen LogP contribution in [0.15, 0.2) is 0 Å². The Labute approximate surface area is 88.6 Å². The molecule has 0 bridgehead atoms. The second-order valence-electron chi connectivity index (χ2n) is 4.48. The molecule has 1 fully saturated rings. The minimum Gasteiger partial charge on any atom is -0.330 e. The van der Waals surface area contributed by atoms with Crippen molar-refractivity contribution < 1.29 is 13.2 Å². The second kappa shape index (κ2) is 4.70. The van der Waals surface area contributed by atoms with E-state index in [1.54, 1.807) is 6.92 Å². The Hall–Kier alpha value is -0.290. The average Bonchev–Trinajstić information content (AvgIpc) is 2.07. The lowest BCUT2D eigenvalue weighted by Crippen LogP contribution is -2.49. The maximum atomic E-state index is 12.2. The quantitative estimate of drug-likeness (QED) is 0.774. The summed E-state index contributed by atoms with van der Waals surface area (Å²) >= 11 is 0. The van der Waals surface area contributed by atoms with Gasteiger partial charge in [-0.05, 0) is 31.3 Å². The summed E-state index contributed by atoms with van der Waals surface area (Å²) in [6.45, 7) is 2.36. The number of rotatable bonds is 5. The Morgan fingerprint density at radius 2 is 1.93 bits per heavy atom. The molecule has 1 rings (SSSR count). The Morgan fingerprint density at radius 1 is 1.33 bits per heavy atom. The van der Waals surface area contributed by atoms with Crippen LogP contribution in [0.5, 0.6) is 0 Å². The van der Waals surface area contributed by atoms with Crippen LogP contribution in [0.2, 0.25) is 0 Å². The first-order chi connectivity index (χ1) is 6.91. The zero-order valence-electron chi connectivity index (χ0n) is 9.11. The molecule has 0 atom stereocenters. The molecule has 0 saturated heterocycles. The van der Waals surface area contributed by atoms with Crippen LogP contribution in [0.3, 0.4) is 0 Å². The van der Waals surface area contributed by atoms with Gasteiger partial charge in [0.25, 0.3) is 0 Å². The fraction of sp³-hybridized carbons (Fsp3) is 1.00. The Bertz CT molecular complexity index is 194. The Morgan fingerprint density at radius 3 is 2.20 bits per heavy atom. The van der Waals surface area contributed by atoms with Gasteiger partial charge in [0.15, 0.2) is 0 Å². The predicted octanol–water partition coefficient (Wildman–Crippen LogP) is 2.00. The molecule has 90 valence electrons. The monoisotopic (exact) mass is 224 g/mol. The summed E-state index contributed by atoms with van der Waals surface area (Å²) < 4.78 is 36.7. The minimum atomic E-state index is -4.10. The first-order valence-corrected chi connectivity index (χ1v) is 5.40. The lowest BCUT2D eigenvalue weighted by molar-refractivity contribution is -0.150. The van der Waals surface area contributed by atoms with Crippen LogP contribution >= 0.6 is 0 Å². The van der Waals surface area contributed by atoms with Crippen LogP contribution in [0.1, 0.15) is 26.2 Å². The lowest BCUT2D eigenvalue weighted by Gasteiger charge is -2.44. The predicted molar refractivity (Wildman–Crippen MR) is 53.5 cm³/mol. The van der Waals surface area contributed by atoms with Crippen molar-refractivity contribution >= 4 is 0 Å². The fourth-order valence-corrected chi connectivity index (χ4v) is 2.11. The van der Waals surface area contributed by atoms with Crippen LogP contribution in [0, 0.1) is 5.41 Å². The molecule has 15 heavy (non-hydrogen) atoms. The van der Waals surface area contributed by atoms with Crippen molar-refractivity contribution in [3.05, 3.63) is 0 Å². The van der Waals surface area contributed by atoms with Gasteiger partial charge >= 0.3 is 6.18 Å². The normalized spacial score (nSPS) is 20.4. The summed E-state index contributed by atoms with van der Waals surface area (Å²) in [5, 5.41) is 0. The van der Waals surface area contributed by atoms with Gasteiger partial charge < -0.3 is 5.73 Å². The molecule has 0 aliphatic heterocycles. The SMILES string of the molecule is CCN(CC(F)(F)F)CC1(CN)CCC1. The molecule has 1 saturated carbocycles. The summed E-state index contributed by atoms with van der Waals surface area (Å²) in [5.74, 6) is 0. The van der Waals surface area contributed by atoms with Gasteiger partial charge in [-0.2, -0.15) is 13.2 Å². The topological polar surface area (TPSA) is 29.3 Å². The van der Waals surface area contributed by atoms with Crippen LogP contribution in [0.4, 0.5) is 13.2 Å². The van der Waals surface area contributed by atoms with Crippen molar-refractivity contribution in [1.82, 2.24) is 4.90 Å². The summed E-state index contributed by atoms with van der Waals surface area (Å²) in [6.07, 6.45) is -1.06. The summed E-state index contributed by atoms with van der Waals surface area (Å²) in [4.78, 5) is 1.45. The Kier molecular flexibility index (Phi) is 4.00. The van der Waals surface area contributed by atoms with E-state index in [1.165, 1.54) is 4.90 Å². The van der Waals surface area contributed by atoms with Gasteiger partial charge in [-0.3, -0.25) is 4.90 Å².